The van der Waals surface area contributed by atoms with Crippen LogP contribution in [0.2, 0.25) is 0 Å². The largest absolute Gasteiger partial charge is 0.379 e. The van der Waals surface area contributed by atoms with Crippen LogP contribution in [0.5, 0.6) is 0 Å². The fourth-order valence-electron chi connectivity index (χ4n) is 3.27. The van der Waals surface area contributed by atoms with E-state index in [1.165, 1.54) is 25.7 Å². The average Bonchev–Trinajstić information content (AvgIpc) is 2.59. The molecule has 0 unspecified atom stereocenters. The molecule has 2 N–H and O–H groups in total. The Labute approximate surface area is 164 Å². The van der Waals surface area contributed by atoms with Crippen LogP contribution in [0, 0.1) is 0 Å². The van der Waals surface area contributed by atoms with Crippen molar-refractivity contribution in [2.24, 2.45) is 4.99 Å². The Balaban J connectivity index is 0.00000288. The normalized spacial score (nSPS) is 20.1. The first kappa shape index (κ1) is 21.7. The first-order valence-corrected chi connectivity index (χ1v) is 9.07. The van der Waals surface area contributed by atoms with Gasteiger partial charge in [0.05, 0.1) is 13.2 Å². The second-order valence-corrected chi connectivity index (χ2v) is 7.12. The molecule has 2 rings (SSSR count). The molecule has 0 aromatic carbocycles. The molecule has 0 radical (unpaired) electrons. The monoisotopic (exact) mass is 450 g/mol. The topological polar surface area (TPSA) is 48.9 Å². The Morgan fingerprint density at radius 3 is 2.62 bits per heavy atom. The predicted octanol–water partition coefficient (Wildman–Crippen LogP) is 2.77. The number of hydrogen-bond donors (Lipinski definition) is 2. The second-order valence-electron chi connectivity index (χ2n) is 7.12. The van der Waals surface area contributed by atoms with E-state index in [4.69, 9.17) is 4.74 Å². The van der Waals surface area contributed by atoms with Crippen LogP contribution in [0.15, 0.2) is 16.6 Å². The lowest BCUT2D eigenvalue weighted by Crippen LogP contribution is -2.56. The molecule has 24 heavy (non-hydrogen) atoms. The van der Waals surface area contributed by atoms with Gasteiger partial charge in [0.25, 0.3) is 0 Å². The van der Waals surface area contributed by atoms with Crippen molar-refractivity contribution in [3.05, 3.63) is 11.6 Å². The van der Waals surface area contributed by atoms with E-state index in [9.17, 15) is 0 Å². The van der Waals surface area contributed by atoms with Crippen molar-refractivity contribution >= 4 is 29.9 Å². The molecule has 6 heteroatoms. The number of guanidine groups is 1. The molecule has 0 atom stereocenters. The molecule has 140 valence electrons. The van der Waals surface area contributed by atoms with Gasteiger partial charge >= 0.3 is 0 Å². The van der Waals surface area contributed by atoms with E-state index in [2.05, 4.69) is 40.4 Å². The molecule has 0 saturated carbocycles. The summed E-state index contributed by atoms with van der Waals surface area (Å²) in [6.45, 7) is 10.1. The van der Waals surface area contributed by atoms with Gasteiger partial charge in [-0.15, -0.1) is 24.0 Å². The van der Waals surface area contributed by atoms with Crippen molar-refractivity contribution in [1.29, 1.82) is 0 Å². The zero-order valence-corrected chi connectivity index (χ0v) is 17.9. The highest BCUT2D eigenvalue weighted by Crippen LogP contribution is 2.19. The second kappa shape index (κ2) is 11.3. The first-order chi connectivity index (χ1) is 11.1. The molecule has 0 spiro atoms. The van der Waals surface area contributed by atoms with Crippen LogP contribution in [-0.4, -0.2) is 62.8 Å². The van der Waals surface area contributed by atoms with E-state index < -0.39 is 0 Å². The van der Waals surface area contributed by atoms with Crippen LogP contribution in [0.4, 0.5) is 0 Å². The molecule has 1 aliphatic heterocycles. The van der Waals surface area contributed by atoms with E-state index in [1.54, 1.807) is 5.57 Å². The minimum Gasteiger partial charge on any atom is -0.379 e. The SMILES string of the molecule is CN=C(NCCC1=CCCCC1)NCC(C)(C)N1CCOCC1.I. The van der Waals surface area contributed by atoms with Crippen molar-refractivity contribution in [1.82, 2.24) is 15.5 Å². The molecule has 0 aromatic heterocycles. The Morgan fingerprint density at radius 2 is 2.00 bits per heavy atom. The van der Waals surface area contributed by atoms with Gasteiger partial charge in [0.15, 0.2) is 5.96 Å². The van der Waals surface area contributed by atoms with Gasteiger partial charge < -0.3 is 15.4 Å². The van der Waals surface area contributed by atoms with Crippen molar-refractivity contribution in [3.63, 3.8) is 0 Å². The number of aliphatic imine (C=N–C) groups is 1. The molecule has 1 fully saturated rings. The van der Waals surface area contributed by atoms with Crippen molar-refractivity contribution in [3.8, 4) is 0 Å². The minimum atomic E-state index is 0. The number of rotatable bonds is 6. The number of hydrogen-bond acceptors (Lipinski definition) is 3. The fourth-order valence-corrected chi connectivity index (χ4v) is 3.27. The summed E-state index contributed by atoms with van der Waals surface area (Å²) in [6, 6.07) is 0. The van der Waals surface area contributed by atoms with E-state index >= 15 is 0 Å². The van der Waals surface area contributed by atoms with Gasteiger partial charge in [0.2, 0.25) is 0 Å². The molecule has 1 aliphatic carbocycles. The molecular formula is C18H35IN4O. The van der Waals surface area contributed by atoms with Gasteiger partial charge in [-0.3, -0.25) is 9.89 Å². The summed E-state index contributed by atoms with van der Waals surface area (Å²) in [6.07, 6.45) is 8.80. The van der Waals surface area contributed by atoms with E-state index in [0.717, 1.165) is 51.8 Å². The summed E-state index contributed by atoms with van der Waals surface area (Å²) < 4.78 is 5.45. The Morgan fingerprint density at radius 1 is 1.25 bits per heavy atom. The summed E-state index contributed by atoms with van der Waals surface area (Å²) in [4.78, 5) is 6.84. The van der Waals surface area contributed by atoms with Crippen molar-refractivity contribution < 1.29 is 4.74 Å². The van der Waals surface area contributed by atoms with E-state index in [0.29, 0.717) is 0 Å². The number of nitrogens with zero attached hydrogens (tertiary/aromatic N) is 2. The highest BCUT2D eigenvalue weighted by Gasteiger charge is 2.28. The zero-order chi connectivity index (χ0) is 16.5. The van der Waals surface area contributed by atoms with Crippen molar-refractivity contribution in [2.45, 2.75) is 51.5 Å². The summed E-state index contributed by atoms with van der Waals surface area (Å²) in [7, 11) is 1.84. The van der Waals surface area contributed by atoms with Crippen LogP contribution in [-0.2, 0) is 4.74 Å². The maximum atomic E-state index is 5.45. The Hall–Kier alpha value is -0.340. The predicted molar refractivity (Wildman–Crippen MR) is 112 cm³/mol. The highest BCUT2D eigenvalue weighted by atomic mass is 127. The lowest BCUT2D eigenvalue weighted by molar-refractivity contribution is -0.00833. The maximum Gasteiger partial charge on any atom is 0.191 e. The number of allylic oxidation sites excluding steroid dienone is 1. The van der Waals surface area contributed by atoms with E-state index in [-0.39, 0.29) is 29.5 Å². The first-order valence-electron chi connectivity index (χ1n) is 9.07. The standard InChI is InChI=1S/C18H34N4O.HI/c1-18(2,22-11-13-23-14-12-22)15-21-17(19-3)20-10-9-16-7-5-4-6-8-16;/h7H,4-6,8-15H2,1-3H3,(H2,19,20,21);1H. The Kier molecular flexibility index (Phi) is 10.2. The average molecular weight is 450 g/mol. The summed E-state index contributed by atoms with van der Waals surface area (Å²) >= 11 is 0. The molecular weight excluding hydrogens is 415 g/mol. The molecule has 2 aliphatic rings. The lowest BCUT2D eigenvalue weighted by Gasteiger charge is -2.41. The fraction of sp³-hybridized carbons (Fsp3) is 0.833. The minimum absolute atomic E-state index is 0. The summed E-state index contributed by atoms with van der Waals surface area (Å²) in [5.74, 6) is 0.905. The number of morpholine rings is 1. The third-order valence-corrected chi connectivity index (χ3v) is 4.90. The van der Waals surface area contributed by atoms with Gasteiger partial charge in [0.1, 0.15) is 0 Å². The molecule has 1 heterocycles. The third-order valence-electron chi connectivity index (χ3n) is 4.90. The van der Waals surface area contributed by atoms with Crippen LogP contribution in [0.1, 0.15) is 46.0 Å². The molecule has 1 saturated heterocycles. The van der Waals surface area contributed by atoms with Gasteiger partial charge in [-0.1, -0.05) is 11.6 Å². The summed E-state index contributed by atoms with van der Waals surface area (Å²) in [5.41, 5.74) is 1.71. The smallest absolute Gasteiger partial charge is 0.191 e. The van der Waals surface area contributed by atoms with Gasteiger partial charge in [-0.05, 0) is 46.0 Å². The maximum absolute atomic E-state index is 5.45. The van der Waals surface area contributed by atoms with Gasteiger partial charge in [-0.2, -0.15) is 0 Å². The number of ether oxygens (including phenoxy) is 1. The van der Waals surface area contributed by atoms with Gasteiger partial charge in [-0.25, -0.2) is 0 Å². The Bertz CT molecular complexity index is 417. The number of halogens is 1. The lowest BCUT2D eigenvalue weighted by atomic mass is 9.97. The van der Waals surface area contributed by atoms with Gasteiger partial charge in [0, 0.05) is 38.8 Å². The quantitative estimate of drug-likeness (QED) is 0.283. The van der Waals surface area contributed by atoms with E-state index in [1.807, 2.05) is 7.05 Å². The van der Waals surface area contributed by atoms with Crippen LogP contribution < -0.4 is 10.6 Å². The third kappa shape index (κ3) is 7.27. The van der Waals surface area contributed by atoms with Crippen LogP contribution in [0.25, 0.3) is 0 Å². The van der Waals surface area contributed by atoms with Crippen LogP contribution >= 0.6 is 24.0 Å². The molecule has 0 amide bonds. The van der Waals surface area contributed by atoms with Crippen molar-refractivity contribution in [2.75, 3.05) is 46.4 Å². The zero-order valence-electron chi connectivity index (χ0n) is 15.6. The molecule has 5 nitrogen and oxygen atoms in total. The highest BCUT2D eigenvalue weighted by molar-refractivity contribution is 14.0. The summed E-state index contributed by atoms with van der Waals surface area (Å²) in [5, 5.41) is 6.93. The molecule has 0 bridgehead atoms. The molecule has 0 aromatic rings. The van der Waals surface area contributed by atoms with Crippen LogP contribution in [0.3, 0.4) is 0 Å². The number of nitrogens with one attached hydrogen (secondary N) is 2.